The van der Waals surface area contributed by atoms with E-state index in [-0.39, 0.29) is 5.60 Å². The lowest BCUT2D eigenvalue weighted by Gasteiger charge is -2.21. The van der Waals surface area contributed by atoms with Crippen molar-refractivity contribution in [2.75, 3.05) is 7.11 Å². The van der Waals surface area contributed by atoms with Crippen molar-refractivity contribution in [2.24, 2.45) is 0 Å². The second kappa shape index (κ2) is 5.02. The highest BCUT2D eigenvalue weighted by molar-refractivity contribution is 5.85. The quantitative estimate of drug-likeness (QED) is 0.670. The molecule has 0 fully saturated rings. The Bertz CT molecular complexity index is 204. The van der Waals surface area contributed by atoms with E-state index in [1.54, 1.807) is 20.1 Å². The Balaban J connectivity index is 3.92. The minimum atomic E-state index is -0.852. The van der Waals surface area contributed by atoms with E-state index in [0.717, 1.165) is 12.8 Å². The van der Waals surface area contributed by atoms with E-state index in [2.05, 4.69) is 0 Å². The molecule has 3 heteroatoms. The summed E-state index contributed by atoms with van der Waals surface area (Å²) in [6.07, 6.45) is 3.29. The average Bonchev–Trinajstić information content (AvgIpc) is 2.04. The molecule has 0 radical (unpaired) electrons. The predicted octanol–water partition coefficient (Wildman–Crippen LogP) is 2.22. The van der Waals surface area contributed by atoms with Gasteiger partial charge in [0.2, 0.25) is 0 Å². The maximum atomic E-state index is 10.4. The van der Waals surface area contributed by atoms with Crippen molar-refractivity contribution < 1.29 is 14.6 Å². The summed E-state index contributed by atoms with van der Waals surface area (Å²) in [7, 11) is 1.66. The molecule has 0 aromatic carbocycles. The summed E-state index contributed by atoms with van der Waals surface area (Å²) in [5, 5.41) is 8.57. The monoisotopic (exact) mass is 186 g/mol. The smallest absolute Gasteiger partial charge is 0.330 e. The zero-order valence-electron chi connectivity index (χ0n) is 8.76. The van der Waals surface area contributed by atoms with Gasteiger partial charge in [-0.3, -0.25) is 0 Å². The van der Waals surface area contributed by atoms with Crippen molar-refractivity contribution in [3.8, 4) is 0 Å². The lowest BCUT2D eigenvalue weighted by atomic mass is 10.0. The molecule has 76 valence electrons. The number of rotatable bonds is 5. The van der Waals surface area contributed by atoms with Crippen LogP contribution in [0.15, 0.2) is 11.6 Å². The summed E-state index contributed by atoms with van der Waals surface area (Å²) < 4.78 is 5.20. The summed E-state index contributed by atoms with van der Waals surface area (Å²) in [4.78, 5) is 10.4. The van der Waals surface area contributed by atoms with Crippen molar-refractivity contribution >= 4 is 5.97 Å². The first-order chi connectivity index (χ1) is 5.89. The molecule has 0 saturated carbocycles. The molecule has 0 bridgehead atoms. The van der Waals surface area contributed by atoms with E-state index in [1.807, 2.05) is 13.8 Å². The molecule has 3 nitrogen and oxygen atoms in total. The molecule has 13 heavy (non-hydrogen) atoms. The number of ether oxygens (including phenoxy) is 1. The zero-order chi connectivity index (χ0) is 10.5. The van der Waals surface area contributed by atoms with Crippen LogP contribution >= 0.6 is 0 Å². The molecule has 0 aromatic heterocycles. The Kier molecular flexibility index (Phi) is 4.70. The Hall–Kier alpha value is -0.830. The standard InChI is InChI=1S/C10H18O3/c1-8(9(11)12)6-5-7-10(2,3)13-4/h6H,5,7H2,1-4H3,(H,11,12). The number of carbonyl (C=O) groups is 1. The SMILES string of the molecule is COC(C)(C)CCC=C(C)C(=O)O. The van der Waals surface area contributed by atoms with Crippen molar-refractivity contribution in [2.45, 2.75) is 39.2 Å². The third kappa shape index (κ3) is 5.42. The minimum absolute atomic E-state index is 0.171. The van der Waals surface area contributed by atoms with Crippen LogP contribution in [0.5, 0.6) is 0 Å². The van der Waals surface area contributed by atoms with Crippen LogP contribution in [0.3, 0.4) is 0 Å². The number of carboxylic acid groups (broad SMARTS) is 1. The molecule has 0 heterocycles. The molecular weight excluding hydrogens is 168 g/mol. The van der Waals surface area contributed by atoms with Crippen LogP contribution in [-0.2, 0) is 9.53 Å². The highest BCUT2D eigenvalue weighted by Gasteiger charge is 2.14. The van der Waals surface area contributed by atoms with Crippen LogP contribution in [0.1, 0.15) is 33.6 Å². The van der Waals surface area contributed by atoms with E-state index < -0.39 is 5.97 Å². The number of hydrogen-bond donors (Lipinski definition) is 1. The van der Waals surface area contributed by atoms with Gasteiger partial charge in [-0.15, -0.1) is 0 Å². The third-order valence-corrected chi connectivity index (χ3v) is 2.09. The fraction of sp³-hybridized carbons (Fsp3) is 0.700. The van der Waals surface area contributed by atoms with Crippen LogP contribution in [0.25, 0.3) is 0 Å². The summed E-state index contributed by atoms with van der Waals surface area (Å²) in [5.41, 5.74) is 0.224. The summed E-state index contributed by atoms with van der Waals surface area (Å²) in [5.74, 6) is -0.852. The van der Waals surface area contributed by atoms with Gasteiger partial charge < -0.3 is 9.84 Å². The molecule has 0 aliphatic carbocycles. The van der Waals surface area contributed by atoms with Crippen molar-refractivity contribution in [1.82, 2.24) is 0 Å². The lowest BCUT2D eigenvalue weighted by Crippen LogP contribution is -2.21. The van der Waals surface area contributed by atoms with Gasteiger partial charge in [0.15, 0.2) is 0 Å². The molecule has 0 rings (SSSR count). The Morgan fingerprint density at radius 3 is 2.46 bits per heavy atom. The lowest BCUT2D eigenvalue weighted by molar-refractivity contribution is -0.132. The molecule has 0 aliphatic heterocycles. The average molecular weight is 186 g/mol. The van der Waals surface area contributed by atoms with E-state index in [9.17, 15) is 4.79 Å². The van der Waals surface area contributed by atoms with E-state index in [0.29, 0.717) is 5.57 Å². The molecule has 0 unspecified atom stereocenters. The first-order valence-electron chi connectivity index (χ1n) is 4.34. The molecule has 0 atom stereocenters. The van der Waals surface area contributed by atoms with Crippen molar-refractivity contribution in [1.29, 1.82) is 0 Å². The Morgan fingerprint density at radius 1 is 1.54 bits per heavy atom. The van der Waals surface area contributed by atoms with E-state index >= 15 is 0 Å². The first-order valence-corrected chi connectivity index (χ1v) is 4.34. The minimum Gasteiger partial charge on any atom is -0.478 e. The van der Waals surface area contributed by atoms with Crippen LogP contribution in [0, 0.1) is 0 Å². The second-order valence-electron chi connectivity index (χ2n) is 3.69. The van der Waals surface area contributed by atoms with Crippen LogP contribution < -0.4 is 0 Å². The largest absolute Gasteiger partial charge is 0.478 e. The molecule has 0 spiro atoms. The number of methoxy groups -OCH3 is 1. The van der Waals surface area contributed by atoms with Gasteiger partial charge in [-0.1, -0.05) is 6.08 Å². The topological polar surface area (TPSA) is 46.5 Å². The Morgan fingerprint density at radius 2 is 2.08 bits per heavy atom. The molecule has 0 saturated heterocycles. The Labute approximate surface area is 79.4 Å². The first kappa shape index (κ1) is 12.2. The predicted molar refractivity (Wildman–Crippen MR) is 51.7 cm³/mol. The number of carboxylic acids is 1. The van der Waals surface area contributed by atoms with Crippen molar-refractivity contribution in [3.63, 3.8) is 0 Å². The molecular formula is C10H18O3. The molecule has 0 aliphatic rings. The second-order valence-corrected chi connectivity index (χ2v) is 3.69. The van der Waals surface area contributed by atoms with Gasteiger partial charge in [-0.25, -0.2) is 4.79 Å². The van der Waals surface area contributed by atoms with Gasteiger partial charge in [0.25, 0.3) is 0 Å². The highest BCUT2D eigenvalue weighted by Crippen LogP contribution is 2.16. The zero-order valence-corrected chi connectivity index (χ0v) is 8.76. The number of hydrogen-bond acceptors (Lipinski definition) is 2. The van der Waals surface area contributed by atoms with Gasteiger partial charge in [0.05, 0.1) is 5.60 Å². The fourth-order valence-electron chi connectivity index (χ4n) is 0.826. The maximum absolute atomic E-state index is 10.4. The maximum Gasteiger partial charge on any atom is 0.330 e. The van der Waals surface area contributed by atoms with E-state index in [4.69, 9.17) is 9.84 Å². The van der Waals surface area contributed by atoms with Gasteiger partial charge in [0.1, 0.15) is 0 Å². The van der Waals surface area contributed by atoms with Gasteiger partial charge in [-0.05, 0) is 33.6 Å². The molecule has 1 N–H and O–H groups in total. The third-order valence-electron chi connectivity index (χ3n) is 2.09. The fourth-order valence-corrected chi connectivity index (χ4v) is 0.826. The molecule has 0 amide bonds. The van der Waals surface area contributed by atoms with Crippen molar-refractivity contribution in [3.05, 3.63) is 11.6 Å². The number of aliphatic carboxylic acids is 1. The highest BCUT2D eigenvalue weighted by atomic mass is 16.5. The van der Waals surface area contributed by atoms with E-state index in [1.165, 1.54) is 0 Å². The summed E-state index contributed by atoms with van der Waals surface area (Å²) in [6.45, 7) is 5.57. The van der Waals surface area contributed by atoms with Crippen LogP contribution in [0.4, 0.5) is 0 Å². The van der Waals surface area contributed by atoms with Crippen LogP contribution in [0.2, 0.25) is 0 Å². The molecule has 0 aromatic rings. The number of allylic oxidation sites excluding steroid dienone is 1. The normalized spacial score (nSPS) is 13.1. The summed E-state index contributed by atoms with van der Waals surface area (Å²) >= 11 is 0. The van der Waals surface area contributed by atoms with Gasteiger partial charge >= 0.3 is 5.97 Å². The summed E-state index contributed by atoms with van der Waals surface area (Å²) in [6, 6.07) is 0. The van der Waals surface area contributed by atoms with Crippen LogP contribution in [-0.4, -0.2) is 23.8 Å². The van der Waals surface area contributed by atoms with Gasteiger partial charge in [-0.2, -0.15) is 0 Å². The van der Waals surface area contributed by atoms with Gasteiger partial charge in [0, 0.05) is 12.7 Å².